The molecule has 0 bridgehead atoms. The van der Waals surface area contributed by atoms with Crippen molar-refractivity contribution < 1.29 is 25.5 Å². The van der Waals surface area contributed by atoms with Crippen LogP contribution in [0.5, 0.6) is 0 Å². The van der Waals surface area contributed by atoms with Gasteiger partial charge in [0.1, 0.15) is 18.3 Å². The van der Waals surface area contributed by atoms with Gasteiger partial charge in [-0.25, -0.2) is 5.32 Å². The predicted octanol–water partition coefficient (Wildman–Crippen LogP) is -3.61. The van der Waals surface area contributed by atoms with Gasteiger partial charge in [0.2, 0.25) is 0 Å². The van der Waals surface area contributed by atoms with Gasteiger partial charge in [0.05, 0.1) is 12.7 Å². The number of hydrogen-bond donors (Lipinski definition) is 6. The molecule has 0 spiro atoms. The number of rotatable bonds is 7. The molecule has 0 aliphatic carbocycles. The van der Waals surface area contributed by atoms with Gasteiger partial charge in [-0.15, -0.1) is 0 Å². The Kier molecular flexibility index (Phi) is 6.28. The van der Waals surface area contributed by atoms with Crippen LogP contribution in [0, 0.1) is 0 Å². The lowest BCUT2D eigenvalue weighted by Gasteiger charge is -2.26. The van der Waals surface area contributed by atoms with Crippen LogP contribution in [0.15, 0.2) is 0 Å². The highest BCUT2D eigenvalue weighted by molar-refractivity contribution is 4.84. The molecule has 0 amide bonds. The highest BCUT2D eigenvalue weighted by Crippen LogP contribution is 2.06. The normalized spacial score (nSPS) is 27.7. The Morgan fingerprint density at radius 3 is 2.29 bits per heavy atom. The Morgan fingerprint density at radius 1 is 1.12 bits per heavy atom. The first-order valence-corrected chi connectivity index (χ1v) is 5.76. The molecule has 1 saturated heterocycles. The molecular weight excluding hydrogens is 228 g/mol. The maximum atomic E-state index is 9.60. The fourth-order valence-electron chi connectivity index (χ4n) is 1.72. The van der Waals surface area contributed by atoms with Gasteiger partial charge in [-0.05, 0) is 6.42 Å². The summed E-state index contributed by atoms with van der Waals surface area (Å²) < 4.78 is 0. The maximum absolute atomic E-state index is 9.60. The molecule has 17 heavy (non-hydrogen) atoms. The molecule has 7 heteroatoms. The van der Waals surface area contributed by atoms with Crippen LogP contribution in [0.1, 0.15) is 6.42 Å². The smallest absolute Gasteiger partial charge is 0.111 e. The van der Waals surface area contributed by atoms with E-state index in [1.807, 2.05) is 0 Å². The summed E-state index contributed by atoms with van der Waals surface area (Å²) in [5.74, 6) is 0. The van der Waals surface area contributed by atoms with Crippen molar-refractivity contribution in [2.24, 2.45) is 0 Å². The summed E-state index contributed by atoms with van der Waals surface area (Å²) >= 11 is 0. The number of nitrogens with zero attached hydrogens (tertiary/aromatic N) is 1. The van der Waals surface area contributed by atoms with E-state index in [0.29, 0.717) is 6.54 Å². The predicted molar refractivity (Wildman–Crippen MR) is 59.4 cm³/mol. The number of nitrogens with one attached hydrogen (secondary N) is 1. The minimum Gasteiger partial charge on any atom is -0.394 e. The molecule has 5 atom stereocenters. The molecule has 0 aromatic carbocycles. The van der Waals surface area contributed by atoms with Crippen LogP contribution in [0.2, 0.25) is 0 Å². The Labute approximate surface area is 100 Å². The molecule has 1 aliphatic heterocycles. The number of aliphatic hydroxyl groups is 5. The van der Waals surface area contributed by atoms with Gasteiger partial charge in [0.15, 0.2) is 0 Å². The van der Waals surface area contributed by atoms with E-state index in [4.69, 9.17) is 10.2 Å². The Morgan fingerprint density at radius 2 is 1.76 bits per heavy atom. The Bertz CT molecular complexity index is 213. The van der Waals surface area contributed by atoms with Crippen LogP contribution in [0.3, 0.4) is 0 Å². The largest absolute Gasteiger partial charge is 0.394 e. The summed E-state index contributed by atoms with van der Waals surface area (Å²) in [6, 6.07) is 0.191. The molecule has 0 aromatic heterocycles. The third kappa shape index (κ3) is 4.47. The summed E-state index contributed by atoms with van der Waals surface area (Å²) in [6.45, 7) is 0.920. The van der Waals surface area contributed by atoms with Crippen LogP contribution >= 0.6 is 0 Å². The van der Waals surface area contributed by atoms with Gasteiger partial charge in [-0.1, -0.05) is 0 Å². The van der Waals surface area contributed by atoms with Crippen LogP contribution in [-0.2, 0) is 0 Å². The van der Waals surface area contributed by atoms with Crippen molar-refractivity contribution in [1.82, 2.24) is 10.6 Å². The SMILES string of the molecule is OC[C@@H](O)[C@H](O)[C@H](O)[C@@H](O)CNC1CC[N]C1. The number of hydrogen-bond acceptors (Lipinski definition) is 6. The van der Waals surface area contributed by atoms with E-state index >= 15 is 0 Å². The molecule has 1 fully saturated rings. The summed E-state index contributed by atoms with van der Waals surface area (Å²) in [6.07, 6.45) is -4.83. The van der Waals surface area contributed by atoms with Crippen LogP contribution in [0.25, 0.3) is 0 Å². The molecule has 101 valence electrons. The van der Waals surface area contributed by atoms with E-state index < -0.39 is 31.0 Å². The van der Waals surface area contributed by atoms with E-state index in [1.165, 1.54) is 0 Å². The molecule has 1 rings (SSSR count). The average Bonchev–Trinajstić information content (AvgIpc) is 2.86. The van der Waals surface area contributed by atoms with E-state index in [-0.39, 0.29) is 12.6 Å². The number of aliphatic hydroxyl groups excluding tert-OH is 5. The fourth-order valence-corrected chi connectivity index (χ4v) is 1.72. The zero-order chi connectivity index (χ0) is 12.8. The average molecular weight is 249 g/mol. The van der Waals surface area contributed by atoms with Crippen LogP contribution < -0.4 is 10.6 Å². The standard InChI is InChI=1S/C10H21N2O5/c13-5-8(15)10(17)9(16)7(14)4-12-6-1-2-11-3-6/h6-10,12-17H,1-5H2/t6?,7-,8+,9+,10-/m0/s1. The maximum Gasteiger partial charge on any atom is 0.111 e. The molecule has 6 N–H and O–H groups in total. The minimum atomic E-state index is -1.56. The first kappa shape index (κ1) is 14.8. The molecule has 1 heterocycles. The molecule has 1 radical (unpaired) electrons. The van der Waals surface area contributed by atoms with Crippen LogP contribution in [0.4, 0.5) is 0 Å². The quantitative estimate of drug-likeness (QED) is 0.276. The summed E-state index contributed by atoms with van der Waals surface area (Å²) in [7, 11) is 0. The Hall–Kier alpha value is -0.280. The van der Waals surface area contributed by atoms with Crippen molar-refractivity contribution in [2.75, 3.05) is 26.2 Å². The van der Waals surface area contributed by atoms with Gasteiger partial charge < -0.3 is 30.8 Å². The third-order valence-electron chi connectivity index (χ3n) is 2.93. The first-order chi connectivity index (χ1) is 8.06. The molecular formula is C10H21N2O5. The second kappa shape index (κ2) is 7.22. The molecule has 1 unspecified atom stereocenters. The van der Waals surface area contributed by atoms with Crippen molar-refractivity contribution in [3.8, 4) is 0 Å². The molecule has 0 saturated carbocycles. The Balaban J connectivity index is 2.27. The zero-order valence-corrected chi connectivity index (χ0v) is 9.61. The summed E-state index contributed by atoms with van der Waals surface area (Å²) in [5.41, 5.74) is 0. The van der Waals surface area contributed by atoms with Gasteiger partial charge in [-0.2, -0.15) is 0 Å². The van der Waals surface area contributed by atoms with E-state index in [1.54, 1.807) is 0 Å². The lowest BCUT2D eigenvalue weighted by atomic mass is 10.0. The van der Waals surface area contributed by atoms with E-state index in [9.17, 15) is 15.3 Å². The lowest BCUT2D eigenvalue weighted by Crippen LogP contribution is -2.50. The van der Waals surface area contributed by atoms with Crippen molar-refractivity contribution >= 4 is 0 Å². The van der Waals surface area contributed by atoms with Crippen LogP contribution in [-0.4, -0.2) is 82.2 Å². The third-order valence-corrected chi connectivity index (χ3v) is 2.93. The van der Waals surface area contributed by atoms with Crippen molar-refractivity contribution in [2.45, 2.75) is 36.9 Å². The summed E-state index contributed by atoms with van der Waals surface area (Å²) in [5, 5.41) is 53.4. The highest BCUT2D eigenvalue weighted by Gasteiger charge is 2.30. The van der Waals surface area contributed by atoms with Gasteiger partial charge >= 0.3 is 0 Å². The highest BCUT2D eigenvalue weighted by atomic mass is 16.4. The van der Waals surface area contributed by atoms with E-state index in [0.717, 1.165) is 13.0 Å². The monoisotopic (exact) mass is 249 g/mol. The first-order valence-electron chi connectivity index (χ1n) is 5.76. The lowest BCUT2D eigenvalue weighted by molar-refractivity contribution is -0.114. The fraction of sp³-hybridized carbons (Fsp3) is 1.00. The van der Waals surface area contributed by atoms with E-state index in [2.05, 4.69) is 10.6 Å². The second-order valence-electron chi connectivity index (χ2n) is 4.32. The van der Waals surface area contributed by atoms with Crippen molar-refractivity contribution in [3.63, 3.8) is 0 Å². The topological polar surface area (TPSA) is 127 Å². The molecule has 0 aromatic rings. The van der Waals surface area contributed by atoms with Crippen molar-refractivity contribution in [3.05, 3.63) is 0 Å². The second-order valence-corrected chi connectivity index (χ2v) is 4.32. The van der Waals surface area contributed by atoms with Gasteiger partial charge in [0, 0.05) is 25.7 Å². The summed E-state index contributed by atoms with van der Waals surface area (Å²) in [4.78, 5) is 0. The van der Waals surface area contributed by atoms with Gasteiger partial charge in [-0.3, -0.25) is 0 Å². The minimum absolute atomic E-state index is 0.108. The van der Waals surface area contributed by atoms with Crippen molar-refractivity contribution in [1.29, 1.82) is 0 Å². The molecule has 7 nitrogen and oxygen atoms in total. The molecule has 1 aliphatic rings. The van der Waals surface area contributed by atoms with Gasteiger partial charge in [0.25, 0.3) is 0 Å². The zero-order valence-electron chi connectivity index (χ0n) is 9.61.